The second kappa shape index (κ2) is 12.1. The zero-order valence-electron chi connectivity index (χ0n) is 19.7. The van der Waals surface area contributed by atoms with Crippen LogP contribution in [0, 0.1) is 0 Å². The predicted molar refractivity (Wildman–Crippen MR) is 130 cm³/mol. The lowest BCUT2D eigenvalue weighted by atomic mass is 10.2. The second-order valence-electron chi connectivity index (χ2n) is 8.16. The molecule has 184 valence electrons. The van der Waals surface area contributed by atoms with Crippen molar-refractivity contribution in [3.05, 3.63) is 65.7 Å². The van der Waals surface area contributed by atoms with Gasteiger partial charge in [-0.25, -0.2) is 8.42 Å². The van der Waals surface area contributed by atoms with E-state index in [-0.39, 0.29) is 22.9 Å². The Morgan fingerprint density at radius 1 is 0.882 bits per heavy atom. The average Bonchev–Trinajstić information content (AvgIpc) is 2.85. The van der Waals surface area contributed by atoms with E-state index in [1.54, 1.807) is 13.8 Å². The highest BCUT2D eigenvalue weighted by atomic mass is 32.2. The van der Waals surface area contributed by atoms with Gasteiger partial charge < -0.3 is 0 Å². The molecule has 0 atom stereocenters. The standard InChI is InChI=1S/C24H33N5O4S/c1-3-29(4-2)34(32,33)22-12-8-11-21(17-22)24(31)26-25-23(30)19-28-15-13-27(14-16-28)18-20-9-6-5-7-10-20/h5-12,17H,3-4,13-16,18-19H2,1-2H3,(H,25,30)(H,26,31). The van der Waals surface area contributed by atoms with E-state index in [0.717, 1.165) is 32.7 Å². The Morgan fingerprint density at radius 3 is 2.18 bits per heavy atom. The third-order valence-electron chi connectivity index (χ3n) is 5.84. The normalized spacial score (nSPS) is 15.3. The maximum Gasteiger partial charge on any atom is 0.269 e. The Balaban J connectivity index is 1.46. The molecule has 1 fully saturated rings. The van der Waals surface area contributed by atoms with Crippen molar-refractivity contribution < 1.29 is 18.0 Å². The minimum absolute atomic E-state index is 0.0450. The molecule has 1 heterocycles. The first-order valence-corrected chi connectivity index (χ1v) is 13.0. The van der Waals surface area contributed by atoms with Gasteiger partial charge in [0.15, 0.2) is 0 Å². The Hall–Kier alpha value is -2.79. The molecule has 0 radical (unpaired) electrons. The minimum atomic E-state index is -3.68. The fraction of sp³-hybridized carbons (Fsp3) is 0.417. The summed E-state index contributed by atoms with van der Waals surface area (Å²) in [4.78, 5) is 29.3. The van der Waals surface area contributed by atoms with E-state index in [2.05, 4.69) is 27.9 Å². The molecule has 1 aliphatic rings. The summed E-state index contributed by atoms with van der Waals surface area (Å²) in [5.41, 5.74) is 6.24. The number of sulfonamides is 1. The molecular formula is C24H33N5O4S. The van der Waals surface area contributed by atoms with Gasteiger partial charge in [0, 0.05) is 51.4 Å². The van der Waals surface area contributed by atoms with Crippen LogP contribution in [0.2, 0.25) is 0 Å². The molecule has 1 saturated heterocycles. The van der Waals surface area contributed by atoms with E-state index in [9.17, 15) is 18.0 Å². The van der Waals surface area contributed by atoms with E-state index < -0.39 is 15.9 Å². The number of carbonyl (C=O) groups excluding carboxylic acids is 2. The first-order valence-electron chi connectivity index (χ1n) is 11.5. The molecule has 0 bridgehead atoms. The van der Waals surface area contributed by atoms with Crippen LogP contribution in [0.1, 0.15) is 29.8 Å². The Morgan fingerprint density at radius 2 is 1.53 bits per heavy atom. The van der Waals surface area contributed by atoms with Crippen molar-refractivity contribution in [3.8, 4) is 0 Å². The highest BCUT2D eigenvalue weighted by Crippen LogP contribution is 2.17. The van der Waals surface area contributed by atoms with Gasteiger partial charge in [0.05, 0.1) is 11.4 Å². The summed E-state index contributed by atoms with van der Waals surface area (Å²) in [5, 5.41) is 0. The molecular weight excluding hydrogens is 454 g/mol. The van der Waals surface area contributed by atoms with Gasteiger partial charge in [-0.2, -0.15) is 4.31 Å². The molecule has 0 aromatic heterocycles. The zero-order chi connectivity index (χ0) is 24.6. The van der Waals surface area contributed by atoms with Crippen LogP contribution >= 0.6 is 0 Å². The number of carbonyl (C=O) groups is 2. The van der Waals surface area contributed by atoms with Gasteiger partial charge in [-0.1, -0.05) is 50.2 Å². The van der Waals surface area contributed by atoms with Gasteiger partial charge in [-0.15, -0.1) is 0 Å². The van der Waals surface area contributed by atoms with Gasteiger partial charge in [0.1, 0.15) is 0 Å². The fourth-order valence-electron chi connectivity index (χ4n) is 3.90. The summed E-state index contributed by atoms with van der Waals surface area (Å²) in [6, 6.07) is 16.1. The molecule has 2 amide bonds. The lowest BCUT2D eigenvalue weighted by Gasteiger charge is -2.34. The highest BCUT2D eigenvalue weighted by Gasteiger charge is 2.23. The molecule has 1 aliphatic heterocycles. The molecule has 2 N–H and O–H groups in total. The molecule has 2 aromatic rings. The van der Waals surface area contributed by atoms with Gasteiger partial charge >= 0.3 is 0 Å². The van der Waals surface area contributed by atoms with Crippen molar-refractivity contribution in [2.24, 2.45) is 0 Å². The van der Waals surface area contributed by atoms with Crippen molar-refractivity contribution in [2.45, 2.75) is 25.3 Å². The van der Waals surface area contributed by atoms with Gasteiger partial charge in [0.2, 0.25) is 10.0 Å². The van der Waals surface area contributed by atoms with Gasteiger partial charge in [-0.3, -0.25) is 30.2 Å². The summed E-state index contributed by atoms with van der Waals surface area (Å²) in [5.74, 6) is -0.894. The van der Waals surface area contributed by atoms with Crippen molar-refractivity contribution in [3.63, 3.8) is 0 Å². The fourth-order valence-corrected chi connectivity index (χ4v) is 5.40. The smallest absolute Gasteiger partial charge is 0.269 e. The number of hydrogen-bond acceptors (Lipinski definition) is 6. The molecule has 10 heteroatoms. The van der Waals surface area contributed by atoms with Crippen molar-refractivity contribution in [2.75, 3.05) is 45.8 Å². The molecule has 0 spiro atoms. The summed E-state index contributed by atoms with van der Waals surface area (Å²) < 4.78 is 26.7. The van der Waals surface area contributed by atoms with Crippen LogP contribution in [0.4, 0.5) is 0 Å². The number of hydrogen-bond donors (Lipinski definition) is 2. The van der Waals surface area contributed by atoms with Crippen molar-refractivity contribution in [1.82, 2.24) is 25.0 Å². The molecule has 34 heavy (non-hydrogen) atoms. The summed E-state index contributed by atoms with van der Waals surface area (Å²) >= 11 is 0. The lowest BCUT2D eigenvalue weighted by Crippen LogP contribution is -2.51. The van der Waals surface area contributed by atoms with Crippen LogP contribution < -0.4 is 10.9 Å². The number of nitrogens with one attached hydrogen (secondary N) is 2. The van der Waals surface area contributed by atoms with E-state index in [0.29, 0.717) is 13.1 Å². The second-order valence-corrected chi connectivity index (χ2v) is 10.1. The maximum atomic E-state index is 12.7. The molecule has 0 aliphatic carbocycles. The van der Waals surface area contributed by atoms with E-state index in [1.807, 2.05) is 23.1 Å². The summed E-state index contributed by atoms with van der Waals surface area (Å²) in [7, 11) is -3.68. The quantitative estimate of drug-likeness (QED) is 0.517. The third kappa shape index (κ3) is 6.86. The first-order chi connectivity index (χ1) is 16.3. The molecule has 0 saturated carbocycles. The maximum absolute atomic E-state index is 12.7. The minimum Gasteiger partial charge on any atom is -0.297 e. The number of piperazine rings is 1. The highest BCUT2D eigenvalue weighted by molar-refractivity contribution is 7.89. The Labute approximate surface area is 201 Å². The Bertz CT molecular complexity index is 1070. The van der Waals surface area contributed by atoms with Crippen LogP contribution in [0.5, 0.6) is 0 Å². The van der Waals surface area contributed by atoms with Crippen molar-refractivity contribution in [1.29, 1.82) is 0 Å². The Kier molecular flexibility index (Phi) is 9.17. The van der Waals surface area contributed by atoms with Crippen molar-refractivity contribution >= 4 is 21.8 Å². The van der Waals surface area contributed by atoms with Crippen LogP contribution in [0.15, 0.2) is 59.5 Å². The number of hydrazine groups is 1. The van der Waals surface area contributed by atoms with E-state index >= 15 is 0 Å². The molecule has 9 nitrogen and oxygen atoms in total. The monoisotopic (exact) mass is 487 g/mol. The number of rotatable bonds is 9. The van der Waals surface area contributed by atoms with Crippen LogP contribution in [0.3, 0.4) is 0 Å². The third-order valence-corrected chi connectivity index (χ3v) is 7.88. The van der Waals surface area contributed by atoms with Crippen LogP contribution in [0.25, 0.3) is 0 Å². The topological polar surface area (TPSA) is 102 Å². The van der Waals surface area contributed by atoms with E-state index in [1.165, 1.54) is 34.1 Å². The SMILES string of the molecule is CCN(CC)S(=O)(=O)c1cccc(C(=O)NNC(=O)CN2CCN(Cc3ccccc3)CC2)c1. The van der Waals surface area contributed by atoms with Crippen LogP contribution in [-0.2, 0) is 21.4 Å². The first kappa shape index (κ1) is 25.8. The average molecular weight is 488 g/mol. The molecule has 2 aromatic carbocycles. The molecule has 3 rings (SSSR count). The zero-order valence-corrected chi connectivity index (χ0v) is 20.6. The molecule has 0 unspecified atom stereocenters. The number of benzene rings is 2. The van der Waals surface area contributed by atoms with Crippen LogP contribution in [-0.4, -0.2) is 80.2 Å². The van der Waals surface area contributed by atoms with E-state index in [4.69, 9.17) is 0 Å². The lowest BCUT2D eigenvalue weighted by molar-refractivity contribution is -0.123. The number of nitrogens with zero attached hydrogens (tertiary/aromatic N) is 3. The largest absolute Gasteiger partial charge is 0.297 e. The predicted octanol–water partition coefficient (Wildman–Crippen LogP) is 1.30. The summed E-state index contributed by atoms with van der Waals surface area (Å²) in [6.07, 6.45) is 0. The summed E-state index contributed by atoms with van der Waals surface area (Å²) in [6.45, 7) is 8.52. The van der Waals surface area contributed by atoms with Gasteiger partial charge in [0.25, 0.3) is 11.8 Å². The number of amides is 2. The van der Waals surface area contributed by atoms with Gasteiger partial charge in [-0.05, 0) is 23.8 Å².